The lowest BCUT2D eigenvalue weighted by molar-refractivity contribution is -0.141. The Balaban J connectivity index is 1.54. The zero-order valence-corrected chi connectivity index (χ0v) is 18.5. The maximum atomic E-state index is 13.1. The topological polar surface area (TPSA) is 85.2 Å². The van der Waals surface area contributed by atoms with Gasteiger partial charge in [0.1, 0.15) is 11.4 Å². The largest absolute Gasteiger partial charge is 0.433 e. The number of alkyl halides is 3. The van der Waals surface area contributed by atoms with Gasteiger partial charge in [0.2, 0.25) is 0 Å². The predicted molar refractivity (Wildman–Crippen MR) is 113 cm³/mol. The molecule has 0 saturated heterocycles. The Morgan fingerprint density at radius 3 is 2.61 bits per heavy atom. The van der Waals surface area contributed by atoms with Crippen LogP contribution in [0.3, 0.4) is 0 Å². The van der Waals surface area contributed by atoms with Gasteiger partial charge in [-0.1, -0.05) is 13.0 Å². The van der Waals surface area contributed by atoms with Gasteiger partial charge in [-0.25, -0.2) is 0 Å². The van der Waals surface area contributed by atoms with Gasteiger partial charge in [0.25, 0.3) is 11.8 Å². The van der Waals surface area contributed by atoms with Gasteiger partial charge in [-0.2, -0.15) is 13.2 Å². The molecular weight excluding hydrogens is 437 g/mol. The monoisotopic (exact) mass is 464 g/mol. The van der Waals surface area contributed by atoms with Gasteiger partial charge in [-0.3, -0.25) is 14.6 Å². The number of amides is 2. The molecule has 33 heavy (non-hydrogen) atoms. The van der Waals surface area contributed by atoms with Crippen molar-refractivity contribution < 1.29 is 27.5 Å². The molecule has 2 aromatic heterocycles. The van der Waals surface area contributed by atoms with E-state index in [-0.39, 0.29) is 18.6 Å². The van der Waals surface area contributed by atoms with E-state index in [1.54, 1.807) is 6.07 Å². The maximum Gasteiger partial charge on any atom is 0.433 e. The number of nitrogens with one attached hydrogen (secondary N) is 2. The van der Waals surface area contributed by atoms with Crippen LogP contribution in [0.4, 0.5) is 13.2 Å². The molecule has 2 amide bonds. The Morgan fingerprint density at radius 1 is 1.24 bits per heavy atom. The van der Waals surface area contributed by atoms with Crippen molar-refractivity contribution in [3.8, 4) is 0 Å². The van der Waals surface area contributed by atoms with Gasteiger partial charge < -0.3 is 19.9 Å². The van der Waals surface area contributed by atoms with Crippen LogP contribution in [0.1, 0.15) is 76.9 Å². The normalized spacial score (nSPS) is 17.7. The van der Waals surface area contributed by atoms with Crippen molar-refractivity contribution in [2.45, 2.75) is 64.5 Å². The van der Waals surface area contributed by atoms with Crippen molar-refractivity contribution >= 4 is 11.8 Å². The summed E-state index contributed by atoms with van der Waals surface area (Å²) in [7, 11) is 0. The molecular formula is C23H27F3N4O3. The molecule has 0 bridgehead atoms. The third-order valence-electron chi connectivity index (χ3n) is 6.26. The Morgan fingerprint density at radius 2 is 2.00 bits per heavy atom. The first kappa shape index (κ1) is 23.3. The highest BCUT2D eigenvalue weighted by Gasteiger charge is 2.33. The molecule has 1 unspecified atom stereocenters. The second kappa shape index (κ2) is 9.17. The standard InChI is InChI=1S/C23H27F3N4O3/c1-3-17(15-6-7-20(27-11-15)23(24,25)26)29-21(31)16-10-18(30-8-9-33-12-19(16)30)22(32)28-13(2)14-4-5-14/h6-7,10-11,13-14,17H,3-5,8-9,12H2,1-2H3,(H,28,32)(H,29,31)/t13?,17-/m1/s1. The molecule has 7 nitrogen and oxygen atoms in total. The second-order valence-corrected chi connectivity index (χ2v) is 8.60. The van der Waals surface area contributed by atoms with Crippen molar-refractivity contribution in [2.75, 3.05) is 6.61 Å². The highest BCUT2D eigenvalue weighted by molar-refractivity contribution is 6.01. The Labute approximate surface area is 189 Å². The summed E-state index contributed by atoms with van der Waals surface area (Å²) >= 11 is 0. The summed E-state index contributed by atoms with van der Waals surface area (Å²) in [6.45, 7) is 4.90. The molecule has 4 rings (SSSR count). The number of nitrogens with zero attached hydrogens (tertiary/aromatic N) is 2. The van der Waals surface area contributed by atoms with E-state index in [1.165, 1.54) is 6.07 Å². The molecule has 2 atom stereocenters. The van der Waals surface area contributed by atoms with E-state index in [0.717, 1.165) is 25.1 Å². The highest BCUT2D eigenvalue weighted by atomic mass is 19.4. The first-order valence-corrected chi connectivity index (χ1v) is 11.1. The molecule has 1 aliphatic carbocycles. The molecule has 2 aromatic rings. The van der Waals surface area contributed by atoms with Crippen LogP contribution in [0.25, 0.3) is 0 Å². The van der Waals surface area contributed by atoms with Gasteiger partial charge >= 0.3 is 6.18 Å². The predicted octanol–water partition coefficient (Wildman–Crippen LogP) is 3.84. The summed E-state index contributed by atoms with van der Waals surface area (Å²) in [6.07, 6.45) is -0.729. The molecule has 0 spiro atoms. The number of carbonyl (C=O) groups excluding carboxylic acids is 2. The van der Waals surface area contributed by atoms with Gasteiger partial charge in [0, 0.05) is 18.8 Å². The zero-order valence-electron chi connectivity index (χ0n) is 18.5. The number of pyridine rings is 1. The van der Waals surface area contributed by atoms with Crippen LogP contribution in [-0.4, -0.2) is 34.0 Å². The average Bonchev–Trinajstić information content (AvgIpc) is 3.57. The van der Waals surface area contributed by atoms with Crippen molar-refractivity contribution in [3.05, 3.63) is 52.6 Å². The molecule has 1 fully saturated rings. The quantitative estimate of drug-likeness (QED) is 0.652. The van der Waals surface area contributed by atoms with Crippen molar-refractivity contribution in [1.82, 2.24) is 20.2 Å². The highest BCUT2D eigenvalue weighted by Crippen LogP contribution is 2.33. The molecule has 2 N–H and O–H groups in total. The molecule has 1 saturated carbocycles. The number of hydrogen-bond acceptors (Lipinski definition) is 4. The fraction of sp³-hybridized carbons (Fsp3) is 0.522. The Hall–Kier alpha value is -2.88. The maximum absolute atomic E-state index is 13.1. The van der Waals surface area contributed by atoms with Gasteiger partial charge in [-0.15, -0.1) is 0 Å². The lowest BCUT2D eigenvalue weighted by atomic mass is 10.1. The van der Waals surface area contributed by atoms with Crippen LogP contribution in [0.2, 0.25) is 0 Å². The average molecular weight is 464 g/mol. The molecule has 0 aromatic carbocycles. The SMILES string of the molecule is CC[C@@H](NC(=O)c1cc(C(=O)NC(C)C2CC2)n2c1COCC2)c1ccc(C(F)(F)F)nc1. The van der Waals surface area contributed by atoms with E-state index < -0.39 is 23.8 Å². The van der Waals surface area contributed by atoms with Crippen molar-refractivity contribution in [3.63, 3.8) is 0 Å². The van der Waals surface area contributed by atoms with E-state index in [0.29, 0.717) is 48.0 Å². The Bertz CT molecular complexity index is 1030. The van der Waals surface area contributed by atoms with Crippen LogP contribution in [0.15, 0.2) is 24.4 Å². The molecule has 2 aliphatic rings. The van der Waals surface area contributed by atoms with Gasteiger partial charge in [0.05, 0.1) is 30.5 Å². The summed E-state index contributed by atoms with van der Waals surface area (Å²) in [5.74, 6) is -0.139. The molecule has 0 radical (unpaired) electrons. The first-order chi connectivity index (χ1) is 15.7. The van der Waals surface area contributed by atoms with Gasteiger partial charge in [-0.05, 0) is 49.8 Å². The smallest absolute Gasteiger partial charge is 0.373 e. The minimum atomic E-state index is -4.52. The van der Waals surface area contributed by atoms with E-state index in [1.807, 2.05) is 18.4 Å². The third-order valence-corrected chi connectivity index (χ3v) is 6.26. The molecule has 178 valence electrons. The first-order valence-electron chi connectivity index (χ1n) is 11.1. The van der Waals surface area contributed by atoms with Crippen LogP contribution in [0.5, 0.6) is 0 Å². The van der Waals surface area contributed by atoms with E-state index in [9.17, 15) is 22.8 Å². The fourth-order valence-electron chi connectivity index (χ4n) is 4.14. The van der Waals surface area contributed by atoms with E-state index in [2.05, 4.69) is 15.6 Å². The molecule has 3 heterocycles. The fourth-order valence-corrected chi connectivity index (χ4v) is 4.14. The summed E-state index contributed by atoms with van der Waals surface area (Å²) in [5.41, 5.74) is 0.845. The van der Waals surface area contributed by atoms with Crippen LogP contribution >= 0.6 is 0 Å². The second-order valence-electron chi connectivity index (χ2n) is 8.60. The number of fused-ring (bicyclic) bond motifs is 1. The van der Waals surface area contributed by atoms with Crippen LogP contribution in [0, 0.1) is 5.92 Å². The number of aromatic nitrogens is 2. The van der Waals surface area contributed by atoms with Crippen molar-refractivity contribution in [2.24, 2.45) is 5.92 Å². The minimum absolute atomic E-state index is 0.0670. The number of halogens is 3. The molecule has 10 heteroatoms. The lowest BCUT2D eigenvalue weighted by Gasteiger charge is -2.21. The van der Waals surface area contributed by atoms with E-state index in [4.69, 9.17) is 4.74 Å². The number of rotatable bonds is 7. The minimum Gasteiger partial charge on any atom is -0.373 e. The van der Waals surface area contributed by atoms with Crippen LogP contribution < -0.4 is 10.6 Å². The summed E-state index contributed by atoms with van der Waals surface area (Å²) < 4.78 is 45.8. The van der Waals surface area contributed by atoms with Crippen LogP contribution in [-0.2, 0) is 24.1 Å². The number of carbonyl (C=O) groups is 2. The number of hydrogen-bond donors (Lipinski definition) is 2. The summed E-state index contributed by atoms with van der Waals surface area (Å²) in [5, 5.41) is 5.89. The van der Waals surface area contributed by atoms with Crippen molar-refractivity contribution in [1.29, 1.82) is 0 Å². The molecule has 1 aliphatic heterocycles. The summed E-state index contributed by atoms with van der Waals surface area (Å²) in [6, 6.07) is 3.34. The number of ether oxygens (including phenoxy) is 1. The van der Waals surface area contributed by atoms with E-state index >= 15 is 0 Å². The zero-order chi connectivity index (χ0) is 23.8. The third kappa shape index (κ3) is 5.05. The summed E-state index contributed by atoms with van der Waals surface area (Å²) in [4.78, 5) is 29.5. The van der Waals surface area contributed by atoms with Gasteiger partial charge in [0.15, 0.2) is 0 Å². The Kier molecular flexibility index (Phi) is 6.47. The lowest BCUT2D eigenvalue weighted by Crippen LogP contribution is -2.36.